The lowest BCUT2D eigenvalue weighted by Gasteiger charge is -2.36. The van der Waals surface area contributed by atoms with E-state index >= 15 is 0 Å². The number of carbonyl (C=O) groups excluding carboxylic acids is 1. The summed E-state index contributed by atoms with van der Waals surface area (Å²) >= 11 is 0. The molecule has 3 N–H and O–H groups in total. The standard InChI is InChI=1S/C58H78O11S/c1-31(2)17-36-40-22-43(51(65-11)26-48(40)59)37(18-32(3)4)42-24-45(53(67-13)28-50(42)61)39(20-34(7)8)47-25-46(38(19-33(5)6)41-23-44(36)52(66-12)27-49(41)60)54(68-14)29-55(47)69-70(63,64)30-58-16-15-35(21-56(58)62)57(58,9)10/h22-29,31-39,59-61H,15-21,30H2,1-14H3/t35-,36+,37-,38+,39+,58-/m1/s1. The molecule has 2 fully saturated rings. The molecule has 0 aliphatic heterocycles. The van der Waals surface area contributed by atoms with Gasteiger partial charge in [-0.15, -0.1) is 0 Å². The Kier molecular flexibility index (Phi) is 15.2. The second-order valence-corrected chi connectivity index (χ2v) is 24.3. The van der Waals surface area contributed by atoms with Gasteiger partial charge in [0, 0.05) is 98.9 Å². The van der Waals surface area contributed by atoms with Gasteiger partial charge in [-0.05, 0) is 97.8 Å². The number of ketones is 1. The van der Waals surface area contributed by atoms with Crippen LogP contribution >= 0.6 is 0 Å². The van der Waals surface area contributed by atoms with Gasteiger partial charge in [0.25, 0.3) is 0 Å². The van der Waals surface area contributed by atoms with Gasteiger partial charge in [0.15, 0.2) is 0 Å². The maximum atomic E-state index is 14.9. The second kappa shape index (κ2) is 20.2. The predicted octanol–water partition coefficient (Wildman–Crippen LogP) is 13.0. The van der Waals surface area contributed by atoms with E-state index in [9.17, 15) is 28.5 Å². The van der Waals surface area contributed by atoms with Gasteiger partial charge in [-0.1, -0.05) is 69.2 Å². The largest absolute Gasteiger partial charge is 0.508 e. The van der Waals surface area contributed by atoms with E-state index in [4.69, 9.17) is 23.1 Å². The van der Waals surface area contributed by atoms with Crippen LogP contribution in [0, 0.1) is 40.4 Å². The lowest BCUT2D eigenvalue weighted by Crippen LogP contribution is -2.43. The van der Waals surface area contributed by atoms with Crippen molar-refractivity contribution < 1.29 is 51.7 Å². The summed E-state index contributed by atoms with van der Waals surface area (Å²) in [7, 11) is 1.83. The highest BCUT2D eigenvalue weighted by molar-refractivity contribution is 7.87. The predicted molar refractivity (Wildman–Crippen MR) is 275 cm³/mol. The average Bonchev–Trinajstić information content (AvgIpc) is 3.62. The van der Waals surface area contributed by atoms with Gasteiger partial charge >= 0.3 is 10.1 Å². The van der Waals surface area contributed by atoms with Crippen LogP contribution in [-0.4, -0.2) is 63.7 Å². The van der Waals surface area contributed by atoms with Crippen LogP contribution in [0.5, 0.6) is 46.0 Å². The first-order chi connectivity index (χ1) is 32.9. The van der Waals surface area contributed by atoms with Crippen molar-refractivity contribution in [1.82, 2.24) is 0 Å². The first kappa shape index (κ1) is 52.7. The molecule has 3 aliphatic rings. The summed E-state index contributed by atoms with van der Waals surface area (Å²) in [6.07, 6.45) is 3.88. The number of fused-ring (bicyclic) bond motifs is 10. The van der Waals surface area contributed by atoms with E-state index in [0.29, 0.717) is 94.9 Å². The highest BCUT2D eigenvalue weighted by atomic mass is 32.2. The smallest absolute Gasteiger partial charge is 0.310 e. The molecule has 0 spiro atoms. The molecule has 2 saturated carbocycles. The zero-order chi connectivity index (χ0) is 51.4. The average molecular weight is 983 g/mol. The maximum absolute atomic E-state index is 14.9. The first-order valence-electron chi connectivity index (χ1n) is 25.3. The van der Waals surface area contributed by atoms with Crippen LogP contribution in [0.25, 0.3) is 0 Å². The van der Waals surface area contributed by atoms with Crippen molar-refractivity contribution in [2.45, 2.75) is 138 Å². The van der Waals surface area contributed by atoms with Gasteiger partial charge in [0.2, 0.25) is 0 Å². The molecule has 0 radical (unpaired) electrons. The third kappa shape index (κ3) is 9.79. The summed E-state index contributed by atoms with van der Waals surface area (Å²) in [6.45, 7) is 21.0. The third-order valence-corrected chi connectivity index (χ3v) is 17.4. The molecule has 10 bridgehead atoms. The van der Waals surface area contributed by atoms with E-state index in [-0.39, 0.29) is 58.4 Å². The number of methoxy groups -OCH3 is 4. The van der Waals surface area contributed by atoms with Crippen LogP contribution < -0.4 is 23.1 Å². The summed E-state index contributed by atoms with van der Waals surface area (Å²) < 4.78 is 60.8. The topological polar surface area (TPSA) is 158 Å². The number of hydrogen-bond acceptors (Lipinski definition) is 11. The number of hydrogen-bond donors (Lipinski definition) is 3. The second-order valence-electron chi connectivity index (χ2n) is 22.8. The Hall–Kier alpha value is -5.10. The SMILES string of the molecule is COc1cc(O)c2cc1[C@H](CC(C)C)c1cc(c(OC)cc1OS(=O)(=O)C[C@]13CC[C@H](CC1=O)C3(C)C)[C@@H](CC(C)C)c1cc(c(OC)cc1O)[C@@H](CC(C)C)c1cc(c(OC)cc1O)[C@@H]2CC(C)C. The molecule has 0 saturated heterocycles. The van der Waals surface area contributed by atoms with Gasteiger partial charge in [-0.3, -0.25) is 4.79 Å². The molecule has 0 heterocycles. The fraction of sp³-hybridized carbons (Fsp3) is 0.569. The van der Waals surface area contributed by atoms with E-state index in [1.807, 2.05) is 38.1 Å². The van der Waals surface area contributed by atoms with Gasteiger partial charge in [0.05, 0.1) is 39.6 Å². The molecule has 12 heteroatoms. The minimum atomic E-state index is -4.43. The monoisotopic (exact) mass is 983 g/mol. The fourth-order valence-electron chi connectivity index (χ4n) is 12.5. The quantitative estimate of drug-likeness (QED) is 0.0918. The zero-order valence-corrected chi connectivity index (χ0v) is 44.8. The normalized spacial score (nSPS) is 22.8. The summed E-state index contributed by atoms with van der Waals surface area (Å²) in [6, 6.07) is 14.6. The van der Waals surface area contributed by atoms with Gasteiger partial charge in [-0.2, -0.15) is 8.42 Å². The number of phenols is 3. The minimum absolute atomic E-state index is 0.0142. The van der Waals surface area contributed by atoms with Crippen molar-refractivity contribution in [3.8, 4) is 46.0 Å². The molecule has 0 amide bonds. The van der Waals surface area contributed by atoms with Gasteiger partial charge in [0.1, 0.15) is 51.8 Å². The van der Waals surface area contributed by atoms with E-state index in [0.717, 1.165) is 17.5 Å². The molecule has 4 aromatic carbocycles. The van der Waals surface area contributed by atoms with E-state index in [1.165, 1.54) is 0 Å². The Labute approximate surface area is 417 Å². The molecule has 4 aromatic rings. The van der Waals surface area contributed by atoms with Crippen LogP contribution in [-0.2, 0) is 14.9 Å². The Morgan fingerprint density at radius 1 is 0.514 bits per heavy atom. The summed E-state index contributed by atoms with van der Waals surface area (Å²) in [4.78, 5) is 13.8. The molecule has 70 heavy (non-hydrogen) atoms. The van der Waals surface area contributed by atoms with Crippen LogP contribution in [0.4, 0.5) is 0 Å². The Morgan fingerprint density at radius 2 is 0.829 bits per heavy atom. The number of Topliss-reactive ketones (excluding diaryl/α,β-unsaturated/α-hetero) is 1. The van der Waals surface area contributed by atoms with Gasteiger partial charge < -0.3 is 38.5 Å². The molecule has 0 aromatic heterocycles. The molecule has 11 nitrogen and oxygen atoms in total. The highest BCUT2D eigenvalue weighted by Crippen LogP contribution is 2.64. The minimum Gasteiger partial charge on any atom is -0.508 e. The van der Waals surface area contributed by atoms with Crippen molar-refractivity contribution in [3.63, 3.8) is 0 Å². The third-order valence-electron chi connectivity index (χ3n) is 16.1. The molecular formula is C58H78O11S. The van der Waals surface area contributed by atoms with E-state index in [2.05, 4.69) is 55.4 Å². The number of phenolic OH excluding ortho intramolecular Hbond substituents is 3. The Bertz CT molecular complexity index is 2700. The van der Waals surface area contributed by atoms with Crippen LogP contribution in [0.1, 0.15) is 182 Å². The van der Waals surface area contributed by atoms with Crippen molar-refractivity contribution in [1.29, 1.82) is 0 Å². The van der Waals surface area contributed by atoms with E-state index in [1.54, 1.807) is 52.7 Å². The first-order valence-corrected chi connectivity index (χ1v) is 26.9. The van der Waals surface area contributed by atoms with Crippen LogP contribution in [0.2, 0.25) is 0 Å². The zero-order valence-electron chi connectivity index (χ0n) is 44.0. The highest BCUT2D eigenvalue weighted by Gasteiger charge is 2.65. The number of rotatable bonds is 16. The van der Waals surface area contributed by atoms with E-state index < -0.39 is 50.4 Å². The summed E-state index contributed by atoms with van der Waals surface area (Å²) in [5.74, 6) is -0.0351. The molecule has 7 rings (SSSR count). The van der Waals surface area contributed by atoms with Crippen molar-refractivity contribution in [3.05, 3.63) is 93.0 Å². The number of carbonyl (C=O) groups is 1. The van der Waals surface area contributed by atoms with Crippen LogP contribution in [0.3, 0.4) is 0 Å². The molecule has 3 aliphatic carbocycles. The lowest BCUT2D eigenvalue weighted by molar-refractivity contribution is -0.128. The summed E-state index contributed by atoms with van der Waals surface area (Å²) in [5, 5.41) is 36.6. The fourth-order valence-corrected chi connectivity index (χ4v) is 14.3. The Balaban J connectivity index is 1.63. The van der Waals surface area contributed by atoms with Crippen LogP contribution in [0.15, 0.2) is 48.5 Å². The maximum Gasteiger partial charge on any atom is 0.310 e. The molecule has 382 valence electrons. The van der Waals surface area contributed by atoms with Crippen molar-refractivity contribution in [2.75, 3.05) is 34.2 Å². The molecule has 6 atom stereocenters. The van der Waals surface area contributed by atoms with Crippen molar-refractivity contribution in [2.24, 2.45) is 40.4 Å². The number of ether oxygens (including phenoxy) is 4. The summed E-state index contributed by atoms with van der Waals surface area (Å²) in [5.41, 5.74) is 3.80. The molecule has 0 unspecified atom stereocenters. The lowest BCUT2D eigenvalue weighted by atomic mass is 9.70. The Morgan fingerprint density at radius 3 is 1.13 bits per heavy atom. The van der Waals surface area contributed by atoms with Crippen molar-refractivity contribution >= 4 is 15.9 Å². The number of benzene rings is 4. The number of aromatic hydroxyl groups is 3. The molecular weight excluding hydrogens is 905 g/mol. The van der Waals surface area contributed by atoms with Gasteiger partial charge in [-0.25, -0.2) is 0 Å².